The Morgan fingerprint density at radius 3 is 2.62 bits per heavy atom. The second-order valence-electron chi connectivity index (χ2n) is 5.69. The molecule has 21 heavy (non-hydrogen) atoms. The Hall–Kier alpha value is -1.75. The molecule has 3 N–H and O–H groups in total. The molecule has 0 bridgehead atoms. The first-order chi connectivity index (χ1) is 10.2. The van der Waals surface area contributed by atoms with E-state index in [4.69, 9.17) is 4.74 Å². The van der Waals surface area contributed by atoms with Gasteiger partial charge in [0, 0.05) is 17.6 Å². The number of carbonyl (C=O) groups is 1. The van der Waals surface area contributed by atoms with E-state index in [9.17, 15) is 9.90 Å². The molecule has 0 saturated heterocycles. The van der Waals surface area contributed by atoms with Crippen molar-refractivity contribution in [3.8, 4) is 5.75 Å². The van der Waals surface area contributed by atoms with Crippen LogP contribution in [0.1, 0.15) is 32.6 Å². The molecule has 1 saturated carbocycles. The van der Waals surface area contributed by atoms with Crippen LogP contribution < -0.4 is 15.4 Å². The van der Waals surface area contributed by atoms with Crippen LogP contribution in [-0.2, 0) is 0 Å². The summed E-state index contributed by atoms with van der Waals surface area (Å²) in [5, 5.41) is 14.8. The Balaban J connectivity index is 1.73. The van der Waals surface area contributed by atoms with Crippen LogP contribution in [0.15, 0.2) is 24.3 Å². The molecule has 0 heterocycles. The van der Waals surface area contributed by atoms with Gasteiger partial charge in [0.15, 0.2) is 0 Å². The maximum Gasteiger partial charge on any atom is 0.319 e. The monoisotopic (exact) mass is 292 g/mol. The number of amides is 2. The lowest BCUT2D eigenvalue weighted by Gasteiger charge is -2.13. The Labute approximate surface area is 125 Å². The molecule has 2 amide bonds. The Morgan fingerprint density at radius 1 is 1.33 bits per heavy atom. The highest BCUT2D eigenvalue weighted by atomic mass is 16.5. The molecule has 0 aromatic heterocycles. The quantitative estimate of drug-likeness (QED) is 0.645. The van der Waals surface area contributed by atoms with Gasteiger partial charge in [0.1, 0.15) is 5.75 Å². The van der Waals surface area contributed by atoms with E-state index in [1.807, 2.05) is 24.3 Å². The smallest absolute Gasteiger partial charge is 0.319 e. The molecule has 0 spiro atoms. The van der Waals surface area contributed by atoms with Crippen molar-refractivity contribution in [1.29, 1.82) is 0 Å². The lowest BCUT2D eigenvalue weighted by Crippen LogP contribution is -2.35. The first kappa shape index (κ1) is 15.6. The van der Waals surface area contributed by atoms with Crippen LogP contribution in [0.4, 0.5) is 10.5 Å². The third-order valence-electron chi connectivity index (χ3n) is 3.80. The number of unbranched alkanes of at least 4 members (excludes halogenated alkanes) is 1. The van der Waals surface area contributed by atoms with Crippen molar-refractivity contribution in [3.05, 3.63) is 24.3 Å². The van der Waals surface area contributed by atoms with Gasteiger partial charge in [-0.2, -0.15) is 0 Å². The molecule has 1 aliphatic carbocycles. The van der Waals surface area contributed by atoms with Gasteiger partial charge in [-0.15, -0.1) is 0 Å². The van der Waals surface area contributed by atoms with E-state index in [0.29, 0.717) is 13.2 Å². The number of ether oxygens (including phenoxy) is 1. The molecule has 5 heteroatoms. The molecule has 1 fully saturated rings. The van der Waals surface area contributed by atoms with Gasteiger partial charge in [0.2, 0.25) is 0 Å². The number of hydrogen-bond acceptors (Lipinski definition) is 3. The average molecular weight is 292 g/mol. The summed E-state index contributed by atoms with van der Waals surface area (Å²) >= 11 is 0. The van der Waals surface area contributed by atoms with Crippen LogP contribution in [0.5, 0.6) is 5.75 Å². The van der Waals surface area contributed by atoms with Crippen molar-refractivity contribution in [2.75, 3.05) is 25.1 Å². The van der Waals surface area contributed by atoms with Crippen LogP contribution >= 0.6 is 0 Å². The summed E-state index contributed by atoms with van der Waals surface area (Å²) in [5.74, 6) is 0.812. The molecule has 1 aliphatic rings. The van der Waals surface area contributed by atoms with Crippen molar-refractivity contribution in [2.45, 2.75) is 32.6 Å². The Morgan fingerprint density at radius 2 is 2.05 bits per heavy atom. The van der Waals surface area contributed by atoms with Gasteiger partial charge in [-0.05, 0) is 43.5 Å². The van der Waals surface area contributed by atoms with E-state index in [2.05, 4.69) is 17.6 Å². The van der Waals surface area contributed by atoms with E-state index < -0.39 is 0 Å². The minimum Gasteiger partial charge on any atom is -0.494 e. The van der Waals surface area contributed by atoms with Crippen LogP contribution in [0.3, 0.4) is 0 Å². The third-order valence-corrected chi connectivity index (χ3v) is 3.80. The molecule has 2 rings (SSSR count). The molecule has 0 aliphatic heterocycles. The largest absolute Gasteiger partial charge is 0.494 e. The summed E-state index contributed by atoms with van der Waals surface area (Å²) < 4.78 is 5.57. The lowest BCUT2D eigenvalue weighted by molar-refractivity contribution is 0.206. The molecular formula is C16H24N2O3. The highest BCUT2D eigenvalue weighted by Crippen LogP contribution is 2.44. The number of anilines is 1. The zero-order chi connectivity index (χ0) is 15.1. The van der Waals surface area contributed by atoms with E-state index >= 15 is 0 Å². The predicted octanol–water partition coefficient (Wildman–Crippen LogP) is 2.76. The zero-order valence-electron chi connectivity index (χ0n) is 12.5. The Kier molecular flexibility index (Phi) is 5.44. The first-order valence-electron chi connectivity index (χ1n) is 7.56. The average Bonchev–Trinajstić information content (AvgIpc) is 3.28. The summed E-state index contributed by atoms with van der Waals surface area (Å²) in [4.78, 5) is 11.8. The van der Waals surface area contributed by atoms with Gasteiger partial charge < -0.3 is 20.5 Å². The van der Waals surface area contributed by atoms with Crippen molar-refractivity contribution >= 4 is 11.7 Å². The molecule has 5 nitrogen and oxygen atoms in total. The zero-order valence-corrected chi connectivity index (χ0v) is 12.5. The second-order valence-corrected chi connectivity index (χ2v) is 5.69. The number of hydrogen-bond donors (Lipinski definition) is 3. The number of aliphatic hydroxyl groups excluding tert-OH is 1. The highest BCUT2D eigenvalue weighted by molar-refractivity contribution is 5.89. The fourth-order valence-electron chi connectivity index (χ4n) is 1.98. The van der Waals surface area contributed by atoms with E-state index in [-0.39, 0.29) is 18.1 Å². The molecule has 1 aromatic carbocycles. The van der Waals surface area contributed by atoms with Gasteiger partial charge in [0.25, 0.3) is 0 Å². The third kappa shape index (κ3) is 4.93. The van der Waals surface area contributed by atoms with E-state index in [1.54, 1.807) is 0 Å². The number of aliphatic hydroxyl groups is 1. The summed E-state index contributed by atoms with van der Waals surface area (Å²) in [7, 11) is 0. The van der Waals surface area contributed by atoms with E-state index in [1.165, 1.54) is 0 Å². The van der Waals surface area contributed by atoms with Gasteiger partial charge in [-0.1, -0.05) is 13.3 Å². The number of nitrogens with one attached hydrogen (secondary N) is 2. The van der Waals surface area contributed by atoms with E-state index in [0.717, 1.165) is 37.1 Å². The van der Waals surface area contributed by atoms with Crippen molar-refractivity contribution < 1.29 is 14.6 Å². The second kappa shape index (κ2) is 7.31. The summed E-state index contributed by atoms with van der Waals surface area (Å²) in [6.45, 7) is 3.50. The summed E-state index contributed by atoms with van der Waals surface area (Å²) in [5.41, 5.74) is 0.651. The maximum absolute atomic E-state index is 11.8. The molecule has 0 unspecified atom stereocenters. The fourth-order valence-corrected chi connectivity index (χ4v) is 1.98. The molecule has 0 radical (unpaired) electrons. The summed E-state index contributed by atoms with van der Waals surface area (Å²) in [6, 6.07) is 7.09. The fraction of sp³-hybridized carbons (Fsp3) is 0.562. The maximum atomic E-state index is 11.8. The van der Waals surface area contributed by atoms with Crippen LogP contribution in [-0.4, -0.2) is 30.9 Å². The number of carbonyl (C=O) groups excluding carboxylic acids is 1. The number of rotatable bonds is 8. The van der Waals surface area contributed by atoms with Crippen molar-refractivity contribution in [3.63, 3.8) is 0 Å². The first-order valence-corrected chi connectivity index (χ1v) is 7.56. The highest BCUT2D eigenvalue weighted by Gasteiger charge is 2.42. The topological polar surface area (TPSA) is 70.6 Å². The normalized spacial score (nSPS) is 15.3. The van der Waals surface area contributed by atoms with Gasteiger partial charge in [0.05, 0.1) is 13.2 Å². The number of benzene rings is 1. The lowest BCUT2D eigenvalue weighted by atomic mass is 10.1. The van der Waals surface area contributed by atoms with Crippen LogP contribution in [0, 0.1) is 5.41 Å². The van der Waals surface area contributed by atoms with Gasteiger partial charge >= 0.3 is 6.03 Å². The van der Waals surface area contributed by atoms with Gasteiger partial charge in [-0.3, -0.25) is 0 Å². The summed E-state index contributed by atoms with van der Waals surface area (Å²) in [6.07, 6.45) is 4.10. The molecule has 0 atom stereocenters. The van der Waals surface area contributed by atoms with Crippen LogP contribution in [0.25, 0.3) is 0 Å². The predicted molar refractivity (Wildman–Crippen MR) is 82.6 cm³/mol. The van der Waals surface area contributed by atoms with Crippen LogP contribution in [0.2, 0.25) is 0 Å². The molecule has 116 valence electrons. The SMILES string of the molecule is CCCCOc1ccc(NC(=O)NCC2(CO)CC2)cc1. The van der Waals surface area contributed by atoms with Crippen molar-refractivity contribution in [2.24, 2.45) is 5.41 Å². The minimum absolute atomic E-state index is 0.0751. The molecule has 1 aromatic rings. The number of urea groups is 1. The Bertz CT molecular complexity index is 455. The standard InChI is InChI=1S/C16H24N2O3/c1-2-3-10-21-14-6-4-13(5-7-14)18-15(20)17-11-16(12-19)8-9-16/h4-7,19H,2-3,8-12H2,1H3,(H2,17,18,20). The van der Waals surface area contributed by atoms with Gasteiger partial charge in [-0.25, -0.2) is 4.79 Å². The molecular weight excluding hydrogens is 268 g/mol. The minimum atomic E-state index is -0.241. The van der Waals surface area contributed by atoms with Crippen molar-refractivity contribution in [1.82, 2.24) is 5.32 Å².